The number of nitrogens with zero attached hydrogens (tertiary/aromatic N) is 4. The van der Waals surface area contributed by atoms with Crippen molar-refractivity contribution in [3.8, 4) is 17.2 Å². The molecule has 0 aromatic heterocycles. The first-order valence-electron chi connectivity index (χ1n) is 29.5. The van der Waals surface area contributed by atoms with Crippen LogP contribution in [0.3, 0.4) is 0 Å². The predicted octanol–water partition coefficient (Wildman–Crippen LogP) is 9.73. The molecule has 3 aliphatic rings. The van der Waals surface area contributed by atoms with Crippen molar-refractivity contribution < 1.29 is 71.5 Å². The number of likely N-dealkylation sites (tertiary alicyclic amines) is 1. The van der Waals surface area contributed by atoms with Crippen molar-refractivity contribution >= 4 is 87.5 Å². The second-order valence-corrected chi connectivity index (χ2v) is 22.9. The molecule has 24 heteroatoms. The molecular formula is C63H81ClN8O15. The number of alkyl halides is 1. The summed E-state index contributed by atoms with van der Waals surface area (Å²) in [6.45, 7) is 13.7. The maximum absolute atomic E-state index is 14.4. The SMILES string of the molecule is C=CCOC(=O)NC(CCCCNC(=O)OC(C)(C)C)C(=O)Nc1ccc(COC(=O)Nc2cc(OCCCCCC(=O)N3C[C@@H](CCl)c4c3cc(OC(=O)N3CCN(C)CC3)c3ccccc43)c(OC)cc2C(=O)N2CCC[C@H]2COC(C)=O)cc1. The number of likely N-dealkylation sites (N-methyl/N-ethyl adjacent to an activating group) is 1. The number of halogens is 1. The highest BCUT2D eigenvalue weighted by molar-refractivity contribution is 6.19. The molecule has 87 heavy (non-hydrogen) atoms. The summed E-state index contributed by atoms with van der Waals surface area (Å²) in [5, 5.41) is 12.4. The van der Waals surface area contributed by atoms with E-state index in [2.05, 4.69) is 32.7 Å². The largest absolute Gasteiger partial charge is 0.493 e. The number of methoxy groups -OCH3 is 1. The van der Waals surface area contributed by atoms with Crippen LogP contribution in [0.4, 0.5) is 36.2 Å². The maximum Gasteiger partial charge on any atom is 0.415 e. The zero-order valence-electron chi connectivity index (χ0n) is 50.5. The first-order valence-corrected chi connectivity index (χ1v) is 30.0. The van der Waals surface area contributed by atoms with Crippen LogP contribution in [0.25, 0.3) is 10.8 Å². The van der Waals surface area contributed by atoms with Gasteiger partial charge in [-0.05, 0) is 114 Å². The highest BCUT2D eigenvalue weighted by Crippen LogP contribution is 2.46. The highest BCUT2D eigenvalue weighted by atomic mass is 35.5. The molecule has 0 aliphatic carbocycles. The van der Waals surface area contributed by atoms with Gasteiger partial charge in [0.1, 0.15) is 37.2 Å². The summed E-state index contributed by atoms with van der Waals surface area (Å²) in [4.78, 5) is 112. The number of carbonyl (C=O) groups excluding carboxylic acids is 8. The molecule has 470 valence electrons. The van der Waals surface area contributed by atoms with Crippen molar-refractivity contribution in [1.82, 2.24) is 25.3 Å². The van der Waals surface area contributed by atoms with Crippen LogP contribution in [-0.2, 0) is 39.9 Å². The van der Waals surface area contributed by atoms with Gasteiger partial charge in [-0.25, -0.2) is 19.2 Å². The Bertz CT molecular complexity index is 3090. The fourth-order valence-corrected chi connectivity index (χ4v) is 10.7. The number of anilines is 3. The smallest absolute Gasteiger partial charge is 0.415 e. The number of nitrogens with one attached hydrogen (secondary N) is 4. The molecule has 4 aromatic carbocycles. The van der Waals surface area contributed by atoms with E-state index in [1.54, 1.807) is 65.8 Å². The lowest BCUT2D eigenvalue weighted by Crippen LogP contribution is -2.48. The molecule has 23 nitrogen and oxygen atoms in total. The lowest BCUT2D eigenvalue weighted by Gasteiger charge is -2.31. The number of benzene rings is 4. The fraction of sp³-hybridized carbons (Fsp3) is 0.492. The minimum atomic E-state index is -0.985. The number of ether oxygens (including phenoxy) is 7. The van der Waals surface area contributed by atoms with Gasteiger partial charge in [-0.1, -0.05) is 49.1 Å². The van der Waals surface area contributed by atoms with E-state index < -0.39 is 59.8 Å². The molecule has 1 unspecified atom stereocenters. The molecule has 2 saturated heterocycles. The molecular weight excluding hydrogens is 1140 g/mol. The summed E-state index contributed by atoms with van der Waals surface area (Å²) in [5.41, 5.74) is 2.08. The molecule has 3 aliphatic heterocycles. The average Bonchev–Trinajstić information content (AvgIpc) is 1.75. The number of esters is 1. The van der Waals surface area contributed by atoms with Gasteiger partial charge in [-0.15, -0.1) is 11.6 Å². The van der Waals surface area contributed by atoms with Crippen LogP contribution in [0.1, 0.15) is 113 Å². The first-order chi connectivity index (χ1) is 41.7. The molecule has 2 fully saturated rings. The quantitative estimate of drug-likeness (QED) is 0.0150. The molecule has 4 N–H and O–H groups in total. The summed E-state index contributed by atoms with van der Waals surface area (Å²) in [6, 6.07) is 17.6. The lowest BCUT2D eigenvalue weighted by atomic mass is 9.95. The fourth-order valence-electron chi connectivity index (χ4n) is 10.4. The van der Waals surface area contributed by atoms with Gasteiger partial charge in [0.15, 0.2) is 11.5 Å². The van der Waals surface area contributed by atoms with Gasteiger partial charge in [-0.3, -0.25) is 24.5 Å². The minimum absolute atomic E-state index is 0.00300. The van der Waals surface area contributed by atoms with E-state index in [9.17, 15) is 38.4 Å². The number of unbranched alkanes of at least 4 members (excludes halogenated alkanes) is 3. The summed E-state index contributed by atoms with van der Waals surface area (Å²) in [7, 11) is 3.45. The number of alkyl carbamates (subject to hydrolysis) is 2. The third-order valence-corrected chi connectivity index (χ3v) is 15.2. The zero-order valence-corrected chi connectivity index (χ0v) is 51.3. The van der Waals surface area contributed by atoms with E-state index >= 15 is 0 Å². The number of hydrogen-bond acceptors (Lipinski definition) is 16. The Balaban J connectivity index is 0.966. The van der Waals surface area contributed by atoms with Crippen LogP contribution in [0.15, 0.2) is 79.4 Å². The van der Waals surface area contributed by atoms with E-state index in [4.69, 9.17) is 44.8 Å². The number of hydrogen-bond donors (Lipinski definition) is 4. The van der Waals surface area contributed by atoms with Gasteiger partial charge in [-0.2, -0.15) is 0 Å². The molecule has 0 saturated carbocycles. The van der Waals surface area contributed by atoms with Crippen molar-refractivity contribution in [1.29, 1.82) is 0 Å². The Labute approximate surface area is 512 Å². The van der Waals surface area contributed by atoms with E-state index in [1.165, 1.54) is 32.2 Å². The summed E-state index contributed by atoms with van der Waals surface area (Å²) >= 11 is 6.55. The highest BCUT2D eigenvalue weighted by Gasteiger charge is 2.36. The van der Waals surface area contributed by atoms with E-state index in [0.29, 0.717) is 106 Å². The van der Waals surface area contributed by atoms with Crippen molar-refractivity contribution in [3.05, 3.63) is 96.1 Å². The normalized spacial score (nSPS) is 16.0. The van der Waals surface area contributed by atoms with Gasteiger partial charge < -0.3 is 68.7 Å². The topological polar surface area (TPSA) is 262 Å². The maximum atomic E-state index is 14.4. The standard InChI is InChI=1S/C63H81ClN8O15/c1-8-32-83-60(78)67-49(20-13-14-26-65-59(77)87-63(3,4)5)57(75)66-44-24-22-42(23-25-44)39-85-61(79)68-50-35-54(53(81-7)34-48(50)58(76)71-27-16-17-45(71)40-84-41(2)73)82-33-15-9-10-21-55(74)72-38-43(37-64)56-47-19-12-11-18-46(47)52(36-51(56)72)86-62(80)70-30-28-69(6)29-31-70/h8,11-12,18-19,22-25,34-36,43,45,49H,1,9-10,13-17,20-21,26-33,37-40H2,2-7H3,(H,65,77)(H,66,75)(H,67,78)(H,68,79)/t43-,45+,49?/m1/s1. The molecule has 0 bridgehead atoms. The zero-order chi connectivity index (χ0) is 62.6. The first kappa shape index (κ1) is 66.2. The Morgan fingerprint density at radius 1 is 0.805 bits per heavy atom. The van der Waals surface area contributed by atoms with Gasteiger partial charge in [0, 0.05) is 94.2 Å². The Morgan fingerprint density at radius 3 is 2.25 bits per heavy atom. The van der Waals surface area contributed by atoms with Gasteiger partial charge in [0.2, 0.25) is 11.8 Å². The summed E-state index contributed by atoms with van der Waals surface area (Å²) < 4.78 is 39.3. The second-order valence-electron chi connectivity index (χ2n) is 22.6. The molecule has 7 amide bonds. The van der Waals surface area contributed by atoms with E-state index in [0.717, 1.165) is 29.4 Å². The molecule has 3 heterocycles. The lowest BCUT2D eigenvalue weighted by molar-refractivity contribution is -0.142. The van der Waals surface area contributed by atoms with Gasteiger partial charge in [0.25, 0.3) is 5.91 Å². The number of carbonyl (C=O) groups is 8. The number of fused-ring (bicyclic) bond motifs is 3. The third kappa shape index (κ3) is 19.1. The van der Waals surface area contributed by atoms with Crippen molar-refractivity contribution in [2.45, 2.75) is 116 Å². The monoisotopic (exact) mass is 1220 g/mol. The number of piperazine rings is 1. The molecule has 3 atom stereocenters. The Morgan fingerprint density at radius 2 is 1.55 bits per heavy atom. The van der Waals surface area contributed by atoms with Crippen molar-refractivity contribution in [2.75, 3.05) is 101 Å². The van der Waals surface area contributed by atoms with Crippen molar-refractivity contribution in [3.63, 3.8) is 0 Å². The molecule has 7 rings (SSSR count). The van der Waals surface area contributed by atoms with Crippen LogP contribution in [-0.4, -0.2) is 166 Å². The van der Waals surface area contributed by atoms with Crippen LogP contribution in [0.5, 0.6) is 17.2 Å². The third-order valence-electron chi connectivity index (χ3n) is 14.9. The van der Waals surface area contributed by atoms with Crippen LogP contribution in [0.2, 0.25) is 0 Å². The summed E-state index contributed by atoms with van der Waals surface area (Å²) in [5.74, 6) is -0.506. The Kier molecular flexibility index (Phi) is 24.3. The Hall–Kier alpha value is -8.31. The average molecular weight is 1230 g/mol. The van der Waals surface area contributed by atoms with Gasteiger partial charge >= 0.3 is 30.3 Å². The van der Waals surface area contributed by atoms with Crippen LogP contribution < -0.4 is 40.4 Å². The number of rotatable bonds is 26. The van der Waals surface area contributed by atoms with Gasteiger partial charge in [0.05, 0.1) is 36.7 Å². The minimum Gasteiger partial charge on any atom is -0.493 e. The summed E-state index contributed by atoms with van der Waals surface area (Å²) in [6.07, 6.45) is 3.08. The molecule has 4 aromatic rings. The van der Waals surface area contributed by atoms with Crippen molar-refractivity contribution in [2.24, 2.45) is 0 Å². The second kappa shape index (κ2) is 31.9. The van der Waals surface area contributed by atoms with E-state index in [1.807, 2.05) is 31.3 Å². The van der Waals surface area contributed by atoms with Crippen LogP contribution in [0, 0.1) is 0 Å². The predicted molar refractivity (Wildman–Crippen MR) is 328 cm³/mol. The molecule has 0 spiro atoms. The molecule has 0 radical (unpaired) electrons. The van der Waals surface area contributed by atoms with Crippen LogP contribution >= 0.6 is 11.6 Å². The van der Waals surface area contributed by atoms with E-state index in [-0.39, 0.29) is 73.8 Å². The number of amides is 7.